The maximum absolute atomic E-state index is 12.5. The van der Waals surface area contributed by atoms with Gasteiger partial charge in [-0.15, -0.1) is 0 Å². The van der Waals surface area contributed by atoms with Crippen molar-refractivity contribution in [2.45, 2.75) is 33.1 Å². The third-order valence-electron chi connectivity index (χ3n) is 4.86. The number of carbonyl (C=O) groups is 3. The van der Waals surface area contributed by atoms with Gasteiger partial charge in [0, 0.05) is 13.0 Å². The quantitative estimate of drug-likeness (QED) is 0.467. The van der Waals surface area contributed by atoms with Crippen LogP contribution in [0.3, 0.4) is 0 Å². The van der Waals surface area contributed by atoms with E-state index in [2.05, 4.69) is 5.32 Å². The van der Waals surface area contributed by atoms with E-state index in [9.17, 15) is 14.4 Å². The fourth-order valence-corrected chi connectivity index (χ4v) is 3.14. The van der Waals surface area contributed by atoms with Crippen LogP contribution in [-0.2, 0) is 4.79 Å². The molecule has 0 spiro atoms. The summed E-state index contributed by atoms with van der Waals surface area (Å²) in [5.41, 5.74) is 9.84. The molecule has 1 aliphatic heterocycles. The number of carbonyl (C=O) groups excluding carboxylic acids is 3. The number of hydrogen-bond donors (Lipinski definition) is 2. The third kappa shape index (κ3) is 3.84. The largest absolute Gasteiger partial charge is 0.397 e. The van der Waals surface area contributed by atoms with Gasteiger partial charge in [-0.3, -0.25) is 19.3 Å². The first-order chi connectivity index (χ1) is 12.9. The Labute approximate surface area is 158 Å². The molecule has 27 heavy (non-hydrogen) atoms. The van der Waals surface area contributed by atoms with E-state index in [-0.39, 0.29) is 17.7 Å². The van der Waals surface area contributed by atoms with Gasteiger partial charge in [-0.05, 0) is 62.1 Å². The molecule has 0 fully saturated rings. The minimum atomic E-state index is -0.250. The lowest BCUT2D eigenvalue weighted by molar-refractivity contribution is -0.116. The van der Waals surface area contributed by atoms with Crippen LogP contribution in [0.4, 0.5) is 11.4 Å². The Morgan fingerprint density at radius 2 is 1.59 bits per heavy atom. The van der Waals surface area contributed by atoms with Gasteiger partial charge in [-0.25, -0.2) is 0 Å². The average Bonchev–Trinajstić information content (AvgIpc) is 2.85. The molecule has 2 aromatic carbocycles. The topological polar surface area (TPSA) is 92.5 Å². The minimum Gasteiger partial charge on any atom is -0.397 e. The van der Waals surface area contributed by atoms with Crippen LogP contribution in [-0.4, -0.2) is 29.2 Å². The fourth-order valence-electron chi connectivity index (χ4n) is 3.14. The lowest BCUT2D eigenvalue weighted by Gasteiger charge is -2.13. The summed E-state index contributed by atoms with van der Waals surface area (Å²) in [6.07, 6.45) is 1.45. The number of aryl methyl sites for hydroxylation is 2. The van der Waals surface area contributed by atoms with Gasteiger partial charge in [0.15, 0.2) is 0 Å². The van der Waals surface area contributed by atoms with Crippen molar-refractivity contribution in [1.29, 1.82) is 0 Å². The molecular formula is C21H23N3O3. The Balaban J connectivity index is 1.51. The van der Waals surface area contributed by atoms with E-state index in [1.807, 2.05) is 13.8 Å². The van der Waals surface area contributed by atoms with Gasteiger partial charge in [0.25, 0.3) is 11.8 Å². The molecule has 140 valence electrons. The predicted octanol–water partition coefficient (Wildman–Crippen LogP) is 3.29. The van der Waals surface area contributed by atoms with Crippen LogP contribution in [0.15, 0.2) is 36.4 Å². The normalized spacial score (nSPS) is 13.0. The van der Waals surface area contributed by atoms with E-state index in [0.717, 1.165) is 11.1 Å². The molecule has 6 heteroatoms. The summed E-state index contributed by atoms with van der Waals surface area (Å²) >= 11 is 0. The second-order valence-corrected chi connectivity index (χ2v) is 6.84. The number of imide groups is 1. The number of rotatable bonds is 6. The van der Waals surface area contributed by atoms with Crippen molar-refractivity contribution in [1.82, 2.24) is 4.90 Å². The van der Waals surface area contributed by atoms with E-state index < -0.39 is 0 Å². The number of nitrogen functional groups attached to an aromatic ring is 1. The molecule has 1 heterocycles. The predicted molar refractivity (Wildman–Crippen MR) is 105 cm³/mol. The Hall–Kier alpha value is -3.15. The highest BCUT2D eigenvalue weighted by atomic mass is 16.2. The molecule has 0 aromatic heterocycles. The van der Waals surface area contributed by atoms with Crippen molar-refractivity contribution >= 4 is 29.1 Å². The first-order valence-corrected chi connectivity index (χ1v) is 9.00. The zero-order valence-corrected chi connectivity index (χ0v) is 15.5. The summed E-state index contributed by atoms with van der Waals surface area (Å²) in [5.74, 6) is -0.638. The molecule has 3 amide bonds. The Morgan fingerprint density at radius 1 is 1.00 bits per heavy atom. The van der Waals surface area contributed by atoms with Crippen LogP contribution < -0.4 is 11.1 Å². The second-order valence-electron chi connectivity index (χ2n) is 6.84. The maximum Gasteiger partial charge on any atom is 0.261 e. The summed E-state index contributed by atoms with van der Waals surface area (Å²) in [5, 5.41) is 2.77. The first kappa shape index (κ1) is 18.6. The maximum atomic E-state index is 12.5. The van der Waals surface area contributed by atoms with Crippen LogP contribution in [0.5, 0.6) is 0 Å². The smallest absolute Gasteiger partial charge is 0.261 e. The molecular weight excluding hydrogens is 342 g/mol. The van der Waals surface area contributed by atoms with Crippen molar-refractivity contribution in [3.8, 4) is 0 Å². The summed E-state index contributed by atoms with van der Waals surface area (Å²) < 4.78 is 0. The van der Waals surface area contributed by atoms with Gasteiger partial charge in [0.1, 0.15) is 0 Å². The van der Waals surface area contributed by atoms with Crippen LogP contribution >= 0.6 is 0 Å². The second kappa shape index (κ2) is 7.61. The molecule has 3 rings (SSSR count). The van der Waals surface area contributed by atoms with Gasteiger partial charge < -0.3 is 11.1 Å². The summed E-state index contributed by atoms with van der Waals surface area (Å²) in [6, 6.07) is 10.6. The zero-order valence-electron chi connectivity index (χ0n) is 15.5. The van der Waals surface area contributed by atoms with Crippen LogP contribution in [0.25, 0.3) is 0 Å². The molecule has 0 bridgehead atoms. The Kier molecular flexibility index (Phi) is 5.26. The van der Waals surface area contributed by atoms with Crippen molar-refractivity contribution in [3.63, 3.8) is 0 Å². The third-order valence-corrected chi connectivity index (χ3v) is 4.86. The van der Waals surface area contributed by atoms with E-state index in [0.29, 0.717) is 48.3 Å². The number of amides is 3. The lowest BCUT2D eigenvalue weighted by Crippen LogP contribution is -2.30. The van der Waals surface area contributed by atoms with Crippen LogP contribution in [0, 0.1) is 13.8 Å². The van der Waals surface area contributed by atoms with Gasteiger partial charge in [-0.2, -0.15) is 0 Å². The molecule has 3 N–H and O–H groups in total. The number of benzene rings is 2. The Morgan fingerprint density at radius 3 is 2.19 bits per heavy atom. The number of para-hydroxylation sites is 2. The van der Waals surface area contributed by atoms with Crippen LogP contribution in [0.1, 0.15) is 51.1 Å². The van der Waals surface area contributed by atoms with E-state index in [4.69, 9.17) is 5.73 Å². The highest BCUT2D eigenvalue weighted by Crippen LogP contribution is 2.26. The number of fused-ring (bicyclic) bond motifs is 1. The number of unbranched alkanes of at least 4 members (excludes halogenated alkanes) is 1. The summed E-state index contributed by atoms with van der Waals surface area (Å²) in [6.45, 7) is 4.16. The van der Waals surface area contributed by atoms with Gasteiger partial charge in [0.2, 0.25) is 5.91 Å². The van der Waals surface area contributed by atoms with Crippen molar-refractivity contribution in [3.05, 3.63) is 58.7 Å². The number of nitrogens with zero attached hydrogens (tertiary/aromatic N) is 1. The van der Waals surface area contributed by atoms with Gasteiger partial charge in [-0.1, -0.05) is 12.1 Å². The van der Waals surface area contributed by atoms with Crippen molar-refractivity contribution in [2.24, 2.45) is 0 Å². The molecule has 0 saturated carbocycles. The van der Waals surface area contributed by atoms with E-state index in [1.165, 1.54) is 4.90 Å². The number of nitrogens with one attached hydrogen (secondary N) is 1. The molecule has 6 nitrogen and oxygen atoms in total. The minimum absolute atomic E-state index is 0.137. The van der Waals surface area contributed by atoms with Crippen molar-refractivity contribution < 1.29 is 14.4 Å². The Bertz CT molecular complexity index is 880. The van der Waals surface area contributed by atoms with Crippen molar-refractivity contribution in [2.75, 3.05) is 17.6 Å². The summed E-state index contributed by atoms with van der Waals surface area (Å²) in [4.78, 5) is 38.3. The van der Waals surface area contributed by atoms with E-state index >= 15 is 0 Å². The molecule has 0 unspecified atom stereocenters. The number of hydrogen-bond acceptors (Lipinski definition) is 4. The number of anilines is 2. The summed E-state index contributed by atoms with van der Waals surface area (Å²) in [7, 11) is 0. The highest BCUT2D eigenvalue weighted by molar-refractivity contribution is 6.21. The van der Waals surface area contributed by atoms with Gasteiger partial charge >= 0.3 is 0 Å². The molecule has 0 aliphatic carbocycles. The standard InChI is InChI=1S/C21H23N3O3/c1-13-11-15-16(12-14(13)2)21(27)24(20(15)26)10-6-5-9-19(25)23-18-8-4-3-7-17(18)22/h3-4,7-8,11-12H,5-6,9-10,22H2,1-2H3,(H,23,25). The lowest BCUT2D eigenvalue weighted by atomic mass is 10.0. The van der Waals surface area contributed by atoms with Crippen LogP contribution in [0.2, 0.25) is 0 Å². The average molecular weight is 365 g/mol. The SMILES string of the molecule is Cc1cc2c(cc1C)C(=O)N(CCCCC(=O)Nc1ccccc1N)C2=O. The molecule has 0 saturated heterocycles. The monoisotopic (exact) mass is 365 g/mol. The fraction of sp³-hybridized carbons (Fsp3) is 0.286. The highest BCUT2D eigenvalue weighted by Gasteiger charge is 2.35. The molecule has 2 aromatic rings. The molecule has 1 aliphatic rings. The van der Waals surface area contributed by atoms with E-state index in [1.54, 1.807) is 36.4 Å². The van der Waals surface area contributed by atoms with Gasteiger partial charge in [0.05, 0.1) is 22.5 Å². The number of nitrogens with two attached hydrogens (primary N) is 1. The molecule has 0 atom stereocenters. The molecule has 0 radical (unpaired) electrons. The first-order valence-electron chi connectivity index (χ1n) is 9.00. The zero-order chi connectivity index (χ0) is 19.6.